The van der Waals surface area contributed by atoms with Gasteiger partial charge in [-0.25, -0.2) is 0 Å². The summed E-state index contributed by atoms with van der Waals surface area (Å²) in [6.07, 6.45) is 2.63. The second-order valence-corrected chi connectivity index (χ2v) is 6.28. The van der Waals surface area contributed by atoms with Gasteiger partial charge in [-0.1, -0.05) is 18.2 Å². The maximum absolute atomic E-state index is 3.41. The highest BCUT2D eigenvalue weighted by atomic mass is 32.1. The molecule has 3 rings (SSSR count). The van der Waals surface area contributed by atoms with Crippen molar-refractivity contribution in [3.63, 3.8) is 0 Å². The van der Waals surface area contributed by atoms with Gasteiger partial charge in [-0.2, -0.15) is 0 Å². The summed E-state index contributed by atoms with van der Waals surface area (Å²) >= 11 is 1.94. The molecule has 0 bridgehead atoms. The van der Waals surface area contributed by atoms with E-state index in [-0.39, 0.29) is 0 Å². The second kappa shape index (κ2) is 5.39. The summed E-state index contributed by atoms with van der Waals surface area (Å²) in [5.74, 6) is 0. The minimum absolute atomic E-state index is 0.674. The summed E-state index contributed by atoms with van der Waals surface area (Å²) in [5, 5.41) is 4.80. The maximum Gasteiger partial charge on any atom is 0.0346 e. The zero-order valence-electron chi connectivity index (χ0n) is 10.9. The third kappa shape index (κ3) is 2.58. The number of hydrogen-bond donors (Lipinski definition) is 1. The van der Waals surface area contributed by atoms with Gasteiger partial charge in [0.05, 0.1) is 0 Å². The van der Waals surface area contributed by atoms with Crippen LogP contribution in [0.3, 0.4) is 0 Å². The lowest BCUT2D eigenvalue weighted by Gasteiger charge is -2.32. The van der Waals surface area contributed by atoms with E-state index in [4.69, 9.17) is 0 Å². The van der Waals surface area contributed by atoms with Crippen LogP contribution >= 0.6 is 11.3 Å². The monoisotopic (exact) mass is 260 g/mol. The van der Waals surface area contributed by atoms with E-state index in [2.05, 4.69) is 47.6 Å². The molecule has 2 heterocycles. The Morgan fingerprint density at radius 3 is 3.11 bits per heavy atom. The quantitative estimate of drug-likeness (QED) is 0.912. The first-order chi connectivity index (χ1) is 8.85. The summed E-state index contributed by atoms with van der Waals surface area (Å²) in [4.78, 5) is 4.07. The van der Waals surface area contributed by atoms with Gasteiger partial charge in [0.2, 0.25) is 0 Å². The van der Waals surface area contributed by atoms with Crippen molar-refractivity contribution in [1.29, 1.82) is 0 Å². The summed E-state index contributed by atoms with van der Waals surface area (Å²) in [6, 6.07) is 11.7. The number of piperidine rings is 1. The molecule has 1 N–H and O–H groups in total. The van der Waals surface area contributed by atoms with Gasteiger partial charge in [-0.05, 0) is 44.0 Å². The van der Waals surface area contributed by atoms with E-state index in [1.165, 1.54) is 40.9 Å². The number of nitrogens with zero attached hydrogens (tertiary/aromatic N) is 1. The van der Waals surface area contributed by atoms with Crippen LogP contribution in [0, 0.1) is 0 Å². The first-order valence-corrected chi connectivity index (χ1v) is 7.54. The fourth-order valence-corrected chi connectivity index (χ4v) is 3.88. The predicted octanol–water partition coefficient (Wildman–Crippen LogP) is 3.09. The number of nitrogens with one attached hydrogen (secondary N) is 1. The van der Waals surface area contributed by atoms with Gasteiger partial charge in [-0.15, -0.1) is 11.3 Å². The fourth-order valence-electron chi connectivity index (χ4n) is 2.77. The van der Waals surface area contributed by atoms with E-state index in [1.807, 2.05) is 11.3 Å². The van der Waals surface area contributed by atoms with Gasteiger partial charge in [0.1, 0.15) is 0 Å². The van der Waals surface area contributed by atoms with E-state index in [9.17, 15) is 0 Å². The Morgan fingerprint density at radius 2 is 2.28 bits per heavy atom. The van der Waals surface area contributed by atoms with Gasteiger partial charge in [-0.3, -0.25) is 4.90 Å². The molecule has 0 radical (unpaired) electrons. The number of likely N-dealkylation sites (N-methyl/N-ethyl adjacent to an activating group) is 1. The molecule has 2 nitrogen and oxygen atoms in total. The Morgan fingerprint density at radius 1 is 1.39 bits per heavy atom. The van der Waals surface area contributed by atoms with Crippen LogP contribution < -0.4 is 5.32 Å². The van der Waals surface area contributed by atoms with Crippen LogP contribution in [-0.4, -0.2) is 31.1 Å². The van der Waals surface area contributed by atoms with Gasteiger partial charge < -0.3 is 5.32 Å². The molecular formula is C15H20N2S. The molecule has 1 fully saturated rings. The molecule has 1 aliphatic rings. The number of likely N-dealkylation sites (tertiary alicyclic amines) is 1. The Balaban J connectivity index is 1.71. The van der Waals surface area contributed by atoms with Gasteiger partial charge >= 0.3 is 0 Å². The average Bonchev–Trinajstić information content (AvgIpc) is 2.81. The Hall–Kier alpha value is -0.900. The van der Waals surface area contributed by atoms with E-state index < -0.39 is 0 Å². The van der Waals surface area contributed by atoms with Crippen molar-refractivity contribution < 1.29 is 0 Å². The summed E-state index contributed by atoms with van der Waals surface area (Å²) in [5.41, 5.74) is 0. The third-order valence-corrected chi connectivity index (χ3v) is 4.87. The van der Waals surface area contributed by atoms with Crippen LogP contribution in [0.25, 0.3) is 10.1 Å². The van der Waals surface area contributed by atoms with E-state index in [0.29, 0.717) is 6.04 Å². The third-order valence-electron chi connectivity index (χ3n) is 3.77. The van der Waals surface area contributed by atoms with Crippen molar-refractivity contribution >= 4 is 21.4 Å². The van der Waals surface area contributed by atoms with Crippen molar-refractivity contribution in [3.8, 4) is 0 Å². The molecule has 3 heteroatoms. The van der Waals surface area contributed by atoms with Crippen molar-refractivity contribution in [2.24, 2.45) is 0 Å². The summed E-state index contributed by atoms with van der Waals surface area (Å²) in [6.45, 7) is 3.54. The second-order valence-electron chi connectivity index (χ2n) is 5.11. The smallest absolute Gasteiger partial charge is 0.0346 e. The topological polar surface area (TPSA) is 15.3 Å². The van der Waals surface area contributed by atoms with Gasteiger partial charge in [0.15, 0.2) is 0 Å². The first kappa shape index (κ1) is 12.2. The van der Waals surface area contributed by atoms with E-state index in [1.54, 1.807) is 0 Å². The minimum atomic E-state index is 0.674. The summed E-state index contributed by atoms with van der Waals surface area (Å²) < 4.78 is 1.41. The van der Waals surface area contributed by atoms with Crippen LogP contribution in [0.4, 0.5) is 0 Å². The molecule has 0 saturated carbocycles. The molecular weight excluding hydrogens is 240 g/mol. The number of fused-ring (bicyclic) bond motifs is 1. The molecule has 1 aliphatic heterocycles. The van der Waals surface area contributed by atoms with Crippen molar-refractivity contribution in [2.45, 2.75) is 25.4 Å². The molecule has 1 saturated heterocycles. The molecule has 1 aromatic heterocycles. The van der Waals surface area contributed by atoms with Crippen LogP contribution in [0.1, 0.15) is 17.7 Å². The lowest BCUT2D eigenvalue weighted by molar-refractivity contribution is 0.189. The van der Waals surface area contributed by atoms with Crippen molar-refractivity contribution in [3.05, 3.63) is 35.2 Å². The molecule has 18 heavy (non-hydrogen) atoms. The fraction of sp³-hybridized carbons (Fsp3) is 0.467. The van der Waals surface area contributed by atoms with Crippen molar-refractivity contribution in [2.75, 3.05) is 20.1 Å². The average molecular weight is 260 g/mol. The highest BCUT2D eigenvalue weighted by Gasteiger charge is 2.18. The largest absolute Gasteiger partial charge is 0.316 e. The Bertz CT molecular complexity index is 487. The molecule has 1 aromatic carbocycles. The number of hydrogen-bond acceptors (Lipinski definition) is 3. The molecule has 96 valence electrons. The number of thiophene rings is 1. The van der Waals surface area contributed by atoms with E-state index in [0.717, 1.165) is 6.54 Å². The Kier molecular flexibility index (Phi) is 3.64. The highest BCUT2D eigenvalue weighted by molar-refractivity contribution is 7.19. The zero-order valence-corrected chi connectivity index (χ0v) is 11.7. The first-order valence-electron chi connectivity index (χ1n) is 6.72. The molecule has 0 aliphatic carbocycles. The standard InChI is InChI=1S/C15H20N2S/c1-16-13-6-4-8-17(10-13)11-14-9-12-5-2-3-7-15(12)18-14/h2-3,5,7,9,13,16H,4,6,8,10-11H2,1H3. The lowest BCUT2D eigenvalue weighted by Crippen LogP contribution is -2.43. The Labute approximate surface area is 113 Å². The number of rotatable bonds is 3. The highest BCUT2D eigenvalue weighted by Crippen LogP contribution is 2.27. The molecule has 1 atom stereocenters. The predicted molar refractivity (Wildman–Crippen MR) is 79.2 cm³/mol. The van der Waals surface area contributed by atoms with Crippen LogP contribution in [0.5, 0.6) is 0 Å². The van der Waals surface area contributed by atoms with Gasteiger partial charge in [0.25, 0.3) is 0 Å². The normalized spacial score (nSPS) is 21.5. The maximum atomic E-state index is 3.41. The molecule has 2 aromatic rings. The zero-order chi connectivity index (χ0) is 12.4. The van der Waals surface area contributed by atoms with Crippen LogP contribution in [-0.2, 0) is 6.54 Å². The lowest BCUT2D eigenvalue weighted by atomic mass is 10.1. The van der Waals surface area contributed by atoms with Crippen LogP contribution in [0.2, 0.25) is 0 Å². The molecule has 1 unspecified atom stereocenters. The molecule has 0 spiro atoms. The SMILES string of the molecule is CNC1CCCN(Cc2cc3ccccc3s2)C1. The number of benzene rings is 1. The van der Waals surface area contributed by atoms with Crippen LogP contribution in [0.15, 0.2) is 30.3 Å². The van der Waals surface area contributed by atoms with Crippen molar-refractivity contribution in [1.82, 2.24) is 10.2 Å². The van der Waals surface area contributed by atoms with Gasteiger partial charge in [0, 0.05) is 28.7 Å². The molecule has 0 amide bonds. The summed E-state index contributed by atoms with van der Waals surface area (Å²) in [7, 11) is 2.08. The van der Waals surface area contributed by atoms with E-state index >= 15 is 0 Å². The minimum Gasteiger partial charge on any atom is -0.316 e.